The summed E-state index contributed by atoms with van der Waals surface area (Å²) in [5.74, 6) is -1.15. The van der Waals surface area contributed by atoms with Gasteiger partial charge in [0, 0.05) is 16.4 Å². The molecule has 0 aliphatic heterocycles. The van der Waals surface area contributed by atoms with Gasteiger partial charge >= 0.3 is 0 Å². The second-order valence-electron chi connectivity index (χ2n) is 5.28. The Morgan fingerprint density at radius 3 is 2.35 bits per heavy atom. The molecule has 0 N–H and O–H groups in total. The van der Waals surface area contributed by atoms with Gasteiger partial charge in [0.25, 0.3) is 0 Å². The molecule has 2 aromatic rings. The molecular weight excluding hydrogens is 302 g/mol. The fourth-order valence-corrected chi connectivity index (χ4v) is 2.54. The lowest BCUT2D eigenvalue weighted by molar-refractivity contribution is 0.506. The van der Waals surface area contributed by atoms with Gasteiger partial charge < -0.3 is 0 Å². The van der Waals surface area contributed by atoms with Gasteiger partial charge in [-0.1, -0.05) is 44.1 Å². The zero-order valence-corrected chi connectivity index (χ0v) is 12.8. The zero-order valence-electron chi connectivity index (χ0n) is 11.2. The highest BCUT2D eigenvalue weighted by Gasteiger charge is 2.19. The Hall–Kier alpha value is -1.20. The average Bonchev–Trinajstić information content (AvgIpc) is 2.32. The van der Waals surface area contributed by atoms with Gasteiger partial charge in [-0.15, -0.1) is 0 Å². The monoisotopic (exact) mass is 314 g/mol. The van der Waals surface area contributed by atoms with Crippen LogP contribution >= 0.6 is 23.4 Å². The zero-order chi connectivity index (χ0) is 14.9. The fraction of sp³-hybridized carbons (Fsp3) is 0.286. The van der Waals surface area contributed by atoms with Crippen LogP contribution in [0.3, 0.4) is 0 Å². The minimum atomic E-state index is -0.883. The maximum absolute atomic E-state index is 13.2. The molecule has 106 valence electrons. The van der Waals surface area contributed by atoms with Gasteiger partial charge in [-0.05, 0) is 18.2 Å². The van der Waals surface area contributed by atoms with Gasteiger partial charge in [0.15, 0.2) is 11.6 Å². The van der Waals surface area contributed by atoms with Crippen molar-refractivity contribution in [1.82, 2.24) is 9.97 Å². The summed E-state index contributed by atoms with van der Waals surface area (Å²) < 4.78 is 26.1. The van der Waals surface area contributed by atoms with Crippen LogP contribution in [0.1, 0.15) is 26.6 Å². The number of halogens is 3. The molecule has 1 aromatic carbocycles. The van der Waals surface area contributed by atoms with E-state index in [1.807, 2.05) is 20.8 Å². The smallest absolute Gasteiger partial charge is 0.159 e. The van der Waals surface area contributed by atoms with E-state index in [9.17, 15) is 8.78 Å². The largest absolute Gasteiger partial charge is 0.226 e. The first-order valence-electron chi connectivity index (χ1n) is 5.94. The Morgan fingerprint density at radius 1 is 1.05 bits per heavy atom. The molecule has 0 aliphatic carbocycles. The summed E-state index contributed by atoms with van der Waals surface area (Å²) in [5, 5.41) is 0.927. The van der Waals surface area contributed by atoms with Gasteiger partial charge in [-0.25, -0.2) is 18.7 Å². The predicted molar refractivity (Wildman–Crippen MR) is 76.2 cm³/mol. The third-order valence-electron chi connectivity index (χ3n) is 2.46. The Kier molecular flexibility index (Phi) is 4.30. The number of rotatable bonds is 2. The summed E-state index contributed by atoms with van der Waals surface area (Å²) in [5.41, 5.74) is -0.242. The van der Waals surface area contributed by atoms with Crippen molar-refractivity contribution < 1.29 is 8.78 Å². The number of hydrogen-bond donors (Lipinski definition) is 0. The Balaban J connectivity index is 2.33. The minimum absolute atomic E-state index is 0.242. The van der Waals surface area contributed by atoms with Crippen LogP contribution < -0.4 is 0 Å². The third kappa shape index (κ3) is 3.67. The maximum Gasteiger partial charge on any atom is 0.159 e. The van der Waals surface area contributed by atoms with Crippen LogP contribution in [0.25, 0.3) is 0 Å². The van der Waals surface area contributed by atoms with E-state index in [2.05, 4.69) is 9.97 Å². The van der Waals surface area contributed by atoms with Crippen LogP contribution in [0.15, 0.2) is 34.2 Å². The van der Waals surface area contributed by atoms with Gasteiger partial charge in [0.05, 0.1) is 0 Å². The molecule has 0 atom stereocenters. The first-order valence-corrected chi connectivity index (χ1v) is 7.13. The van der Waals surface area contributed by atoms with E-state index in [-0.39, 0.29) is 5.41 Å². The molecule has 1 heterocycles. The lowest BCUT2D eigenvalue weighted by Gasteiger charge is -2.17. The van der Waals surface area contributed by atoms with E-state index in [4.69, 9.17) is 11.6 Å². The van der Waals surface area contributed by atoms with Crippen molar-refractivity contribution in [3.8, 4) is 0 Å². The fourth-order valence-electron chi connectivity index (χ4n) is 1.45. The molecule has 0 saturated heterocycles. The molecule has 1 aromatic heterocycles. The molecule has 0 radical (unpaired) electrons. The van der Waals surface area contributed by atoms with Crippen LogP contribution in [0.5, 0.6) is 0 Å². The van der Waals surface area contributed by atoms with Gasteiger partial charge in [0.1, 0.15) is 16.0 Å². The van der Waals surface area contributed by atoms with E-state index in [0.717, 1.165) is 12.1 Å². The van der Waals surface area contributed by atoms with Crippen molar-refractivity contribution in [2.75, 3.05) is 0 Å². The Bertz CT molecular complexity index is 642. The number of aromatic nitrogens is 2. The number of nitrogens with zero attached hydrogens (tertiary/aromatic N) is 2. The Morgan fingerprint density at radius 2 is 1.75 bits per heavy atom. The Labute approximate surface area is 125 Å². The summed E-state index contributed by atoms with van der Waals surface area (Å²) in [6, 6.07) is 5.32. The van der Waals surface area contributed by atoms with Crippen molar-refractivity contribution in [3.05, 3.63) is 46.9 Å². The summed E-state index contributed by atoms with van der Waals surface area (Å²) in [6.45, 7) is 5.93. The highest BCUT2D eigenvalue weighted by molar-refractivity contribution is 7.99. The number of benzene rings is 1. The van der Waals surface area contributed by atoms with Crippen LogP contribution in [0, 0.1) is 11.6 Å². The van der Waals surface area contributed by atoms with Gasteiger partial charge in [0.2, 0.25) is 0 Å². The van der Waals surface area contributed by atoms with Crippen LogP contribution in [0.4, 0.5) is 8.78 Å². The van der Waals surface area contributed by atoms with Crippen molar-refractivity contribution in [2.24, 2.45) is 0 Å². The average molecular weight is 315 g/mol. The molecule has 2 rings (SSSR count). The molecule has 0 saturated carbocycles. The van der Waals surface area contributed by atoms with Crippen molar-refractivity contribution in [2.45, 2.75) is 36.1 Å². The van der Waals surface area contributed by atoms with Gasteiger partial charge in [-0.3, -0.25) is 0 Å². The van der Waals surface area contributed by atoms with Crippen LogP contribution in [-0.2, 0) is 5.41 Å². The SMILES string of the molecule is CC(C)(C)c1nc(Cl)cc(Sc2ccc(F)c(F)c2)n1. The first kappa shape index (κ1) is 15.2. The van der Waals surface area contributed by atoms with E-state index in [1.165, 1.54) is 17.8 Å². The van der Waals surface area contributed by atoms with E-state index < -0.39 is 11.6 Å². The molecule has 0 amide bonds. The molecule has 20 heavy (non-hydrogen) atoms. The molecule has 0 bridgehead atoms. The quantitative estimate of drug-likeness (QED) is 0.741. The molecule has 0 fully saturated rings. The van der Waals surface area contributed by atoms with Crippen molar-refractivity contribution in [1.29, 1.82) is 0 Å². The molecule has 2 nitrogen and oxygen atoms in total. The van der Waals surface area contributed by atoms with E-state index in [0.29, 0.717) is 20.9 Å². The van der Waals surface area contributed by atoms with Crippen LogP contribution in [-0.4, -0.2) is 9.97 Å². The summed E-state index contributed by atoms with van der Waals surface area (Å²) in [6.07, 6.45) is 0. The molecular formula is C14H13ClF2N2S. The van der Waals surface area contributed by atoms with Crippen LogP contribution in [0.2, 0.25) is 5.15 Å². The first-order chi connectivity index (χ1) is 9.25. The second kappa shape index (κ2) is 5.66. The minimum Gasteiger partial charge on any atom is -0.226 e. The topological polar surface area (TPSA) is 25.8 Å². The normalized spacial score (nSPS) is 11.7. The highest BCUT2D eigenvalue weighted by atomic mass is 35.5. The van der Waals surface area contributed by atoms with E-state index >= 15 is 0 Å². The predicted octanol–water partition coefficient (Wildman–Crippen LogP) is 4.86. The molecule has 6 heteroatoms. The van der Waals surface area contributed by atoms with Crippen molar-refractivity contribution in [3.63, 3.8) is 0 Å². The standard InChI is InChI=1S/C14H13ClF2N2S/c1-14(2,3)13-18-11(15)7-12(19-13)20-8-4-5-9(16)10(17)6-8/h4-7H,1-3H3. The third-order valence-corrected chi connectivity index (χ3v) is 3.56. The summed E-state index contributed by atoms with van der Waals surface area (Å²) in [4.78, 5) is 9.14. The van der Waals surface area contributed by atoms with E-state index in [1.54, 1.807) is 6.07 Å². The molecule has 0 spiro atoms. The maximum atomic E-state index is 13.2. The van der Waals surface area contributed by atoms with Gasteiger partial charge in [-0.2, -0.15) is 0 Å². The summed E-state index contributed by atoms with van der Waals surface area (Å²) >= 11 is 7.19. The lowest BCUT2D eigenvalue weighted by atomic mass is 9.96. The summed E-state index contributed by atoms with van der Waals surface area (Å²) in [7, 11) is 0. The van der Waals surface area contributed by atoms with Crippen molar-refractivity contribution >= 4 is 23.4 Å². The molecule has 0 aliphatic rings. The lowest BCUT2D eigenvalue weighted by Crippen LogP contribution is -2.16. The highest BCUT2D eigenvalue weighted by Crippen LogP contribution is 2.30. The number of hydrogen-bond acceptors (Lipinski definition) is 3. The second-order valence-corrected chi connectivity index (χ2v) is 6.76. The molecule has 0 unspecified atom stereocenters.